The third kappa shape index (κ3) is 4.68. The van der Waals surface area contributed by atoms with Crippen LogP contribution in [0, 0.1) is 0 Å². The summed E-state index contributed by atoms with van der Waals surface area (Å²) < 4.78 is 10.0. The van der Waals surface area contributed by atoms with Gasteiger partial charge in [0.2, 0.25) is 0 Å². The molecule has 0 spiro atoms. The van der Waals surface area contributed by atoms with Gasteiger partial charge in [-0.2, -0.15) is 0 Å². The molecule has 8 heteroatoms. The lowest BCUT2D eigenvalue weighted by molar-refractivity contribution is -0.124. The van der Waals surface area contributed by atoms with Gasteiger partial charge in [-0.05, 0) is 49.2 Å². The Bertz CT molecular complexity index is 909. The summed E-state index contributed by atoms with van der Waals surface area (Å²) in [5.74, 6) is -1.20. The fourth-order valence-corrected chi connectivity index (χ4v) is 2.97. The normalized spacial score (nSPS) is 15.7. The number of anilines is 2. The average Bonchev–Trinajstić information content (AvgIpc) is 3.24. The second kappa shape index (κ2) is 8.86. The molecule has 1 aliphatic rings. The van der Waals surface area contributed by atoms with Crippen LogP contribution < -0.4 is 10.6 Å². The van der Waals surface area contributed by atoms with Crippen molar-refractivity contribution in [3.63, 3.8) is 0 Å². The molecule has 7 nitrogen and oxygen atoms in total. The number of hydrogen-bond acceptors (Lipinski definition) is 5. The number of halogens is 1. The van der Waals surface area contributed by atoms with E-state index in [0.29, 0.717) is 24.3 Å². The van der Waals surface area contributed by atoms with Gasteiger partial charge in [0.1, 0.15) is 6.10 Å². The molecular formula is C20H19ClN2O5. The summed E-state index contributed by atoms with van der Waals surface area (Å²) in [6, 6.07) is 11.0. The molecule has 3 rings (SSSR count). The van der Waals surface area contributed by atoms with E-state index in [0.717, 1.165) is 6.42 Å². The number of ether oxygens (including phenoxy) is 2. The molecule has 1 atom stereocenters. The molecule has 0 radical (unpaired) electrons. The second-order valence-electron chi connectivity index (χ2n) is 6.21. The maximum atomic E-state index is 12.6. The third-order valence-electron chi connectivity index (χ3n) is 4.25. The molecule has 28 heavy (non-hydrogen) atoms. The third-order valence-corrected chi connectivity index (χ3v) is 4.58. The quantitative estimate of drug-likeness (QED) is 0.746. The minimum atomic E-state index is -0.536. The highest BCUT2D eigenvalue weighted by molar-refractivity contribution is 6.34. The fraction of sp³-hybridized carbons (Fsp3) is 0.250. The van der Waals surface area contributed by atoms with Gasteiger partial charge in [-0.25, -0.2) is 4.79 Å². The molecule has 1 aliphatic heterocycles. The fourth-order valence-electron chi connectivity index (χ4n) is 2.81. The van der Waals surface area contributed by atoms with Gasteiger partial charge < -0.3 is 20.1 Å². The molecule has 2 amide bonds. The van der Waals surface area contributed by atoms with Gasteiger partial charge in [-0.15, -0.1) is 0 Å². The van der Waals surface area contributed by atoms with Crippen molar-refractivity contribution >= 4 is 40.8 Å². The average molecular weight is 403 g/mol. The van der Waals surface area contributed by atoms with E-state index in [1.54, 1.807) is 24.3 Å². The summed E-state index contributed by atoms with van der Waals surface area (Å²) in [5.41, 5.74) is 1.36. The van der Waals surface area contributed by atoms with E-state index in [1.807, 2.05) is 0 Å². The van der Waals surface area contributed by atoms with E-state index in [-0.39, 0.29) is 22.2 Å². The molecule has 0 saturated carbocycles. The van der Waals surface area contributed by atoms with Crippen molar-refractivity contribution < 1.29 is 23.9 Å². The van der Waals surface area contributed by atoms with Gasteiger partial charge in [0.05, 0.1) is 23.4 Å². The molecule has 0 bridgehead atoms. The molecular weight excluding hydrogens is 384 g/mol. The Labute approximate surface area is 167 Å². The highest BCUT2D eigenvalue weighted by atomic mass is 35.5. The lowest BCUT2D eigenvalue weighted by Crippen LogP contribution is -2.27. The number of benzene rings is 2. The molecule has 0 aromatic heterocycles. The summed E-state index contributed by atoms with van der Waals surface area (Å²) in [6.07, 6.45) is 1.07. The minimum Gasteiger partial charge on any atom is -0.465 e. The molecule has 1 heterocycles. The maximum absolute atomic E-state index is 12.6. The Morgan fingerprint density at radius 1 is 1.11 bits per heavy atom. The zero-order valence-electron chi connectivity index (χ0n) is 15.2. The van der Waals surface area contributed by atoms with Crippen LogP contribution in [0.3, 0.4) is 0 Å². The smallest absolute Gasteiger partial charge is 0.337 e. The first kappa shape index (κ1) is 19.9. The number of methoxy groups -OCH3 is 1. The van der Waals surface area contributed by atoms with E-state index in [1.165, 1.54) is 25.3 Å². The van der Waals surface area contributed by atoms with E-state index in [9.17, 15) is 14.4 Å². The Balaban J connectivity index is 1.72. The van der Waals surface area contributed by atoms with E-state index < -0.39 is 18.0 Å². The number of nitrogens with one attached hydrogen (secondary N) is 2. The number of rotatable bonds is 5. The van der Waals surface area contributed by atoms with Crippen LogP contribution in [0.25, 0.3) is 0 Å². The first-order chi connectivity index (χ1) is 13.5. The largest absolute Gasteiger partial charge is 0.465 e. The molecule has 146 valence electrons. The molecule has 2 aromatic carbocycles. The van der Waals surface area contributed by atoms with Crippen LogP contribution in [0.1, 0.15) is 33.6 Å². The summed E-state index contributed by atoms with van der Waals surface area (Å²) in [5, 5.41) is 5.70. The molecule has 0 unspecified atom stereocenters. The first-order valence-electron chi connectivity index (χ1n) is 8.69. The van der Waals surface area contributed by atoms with Crippen LogP contribution in [-0.4, -0.2) is 37.6 Å². The van der Waals surface area contributed by atoms with Gasteiger partial charge in [-0.1, -0.05) is 17.7 Å². The van der Waals surface area contributed by atoms with Crippen LogP contribution in [-0.2, 0) is 14.3 Å². The number of amides is 2. The zero-order chi connectivity index (χ0) is 20.1. The highest BCUT2D eigenvalue weighted by Gasteiger charge is 2.23. The van der Waals surface area contributed by atoms with E-state index in [4.69, 9.17) is 16.3 Å². The lowest BCUT2D eigenvalue weighted by atomic mass is 10.1. The molecule has 1 fully saturated rings. The van der Waals surface area contributed by atoms with Crippen LogP contribution >= 0.6 is 11.6 Å². The van der Waals surface area contributed by atoms with Crippen LogP contribution in [0.2, 0.25) is 5.02 Å². The van der Waals surface area contributed by atoms with Crippen molar-refractivity contribution in [1.29, 1.82) is 0 Å². The van der Waals surface area contributed by atoms with Crippen molar-refractivity contribution in [1.82, 2.24) is 0 Å². The van der Waals surface area contributed by atoms with Crippen LogP contribution in [0.4, 0.5) is 11.4 Å². The predicted octanol–water partition coefficient (Wildman–Crippen LogP) is 3.50. The van der Waals surface area contributed by atoms with Crippen LogP contribution in [0.15, 0.2) is 42.5 Å². The topological polar surface area (TPSA) is 93.7 Å². The van der Waals surface area contributed by atoms with Gasteiger partial charge in [-0.3, -0.25) is 9.59 Å². The monoisotopic (exact) mass is 402 g/mol. The standard InChI is InChI=1S/C20H19ClN2O5/c1-27-20(26)13-7-8-15(21)16(11-13)23-18(24)12-4-2-5-14(10-12)22-19(25)17-6-3-9-28-17/h2,4-5,7-8,10-11,17H,3,6,9H2,1H3,(H,22,25)(H,23,24)/t17-/m1/s1. The van der Waals surface area contributed by atoms with Crippen molar-refractivity contribution in [3.05, 3.63) is 58.6 Å². The van der Waals surface area contributed by atoms with Gasteiger partial charge >= 0.3 is 5.97 Å². The number of carbonyl (C=O) groups is 3. The SMILES string of the molecule is COC(=O)c1ccc(Cl)c(NC(=O)c2cccc(NC(=O)[C@H]3CCCO3)c2)c1. The lowest BCUT2D eigenvalue weighted by Gasteiger charge is -2.12. The summed E-state index contributed by atoms with van der Waals surface area (Å²) in [6.45, 7) is 0.575. The minimum absolute atomic E-state index is 0.233. The highest BCUT2D eigenvalue weighted by Crippen LogP contribution is 2.24. The Hall–Kier alpha value is -2.90. The Morgan fingerprint density at radius 2 is 1.93 bits per heavy atom. The molecule has 0 aliphatic carbocycles. The van der Waals surface area contributed by atoms with Crippen LogP contribution in [0.5, 0.6) is 0 Å². The van der Waals surface area contributed by atoms with Gasteiger partial charge in [0, 0.05) is 17.9 Å². The zero-order valence-corrected chi connectivity index (χ0v) is 15.9. The summed E-state index contributed by atoms with van der Waals surface area (Å²) >= 11 is 6.11. The number of esters is 1. The van der Waals surface area contributed by atoms with Crippen molar-refractivity contribution in [2.24, 2.45) is 0 Å². The predicted molar refractivity (Wildman–Crippen MR) is 105 cm³/mol. The molecule has 2 aromatic rings. The van der Waals surface area contributed by atoms with Gasteiger partial charge in [0.25, 0.3) is 11.8 Å². The molecule has 2 N–H and O–H groups in total. The van der Waals surface area contributed by atoms with E-state index in [2.05, 4.69) is 15.4 Å². The first-order valence-corrected chi connectivity index (χ1v) is 9.07. The number of carbonyl (C=O) groups excluding carboxylic acids is 3. The van der Waals surface area contributed by atoms with Crippen molar-refractivity contribution in [3.8, 4) is 0 Å². The van der Waals surface area contributed by atoms with Gasteiger partial charge in [0.15, 0.2) is 0 Å². The Morgan fingerprint density at radius 3 is 2.64 bits per heavy atom. The summed E-state index contributed by atoms with van der Waals surface area (Å²) in [4.78, 5) is 36.4. The second-order valence-corrected chi connectivity index (χ2v) is 6.62. The van der Waals surface area contributed by atoms with E-state index >= 15 is 0 Å². The summed E-state index contributed by atoms with van der Waals surface area (Å²) in [7, 11) is 1.27. The number of hydrogen-bond donors (Lipinski definition) is 2. The molecule has 1 saturated heterocycles. The van der Waals surface area contributed by atoms with Crippen molar-refractivity contribution in [2.75, 3.05) is 24.4 Å². The maximum Gasteiger partial charge on any atom is 0.337 e. The Kier molecular flexibility index (Phi) is 6.28. The van der Waals surface area contributed by atoms with Crippen molar-refractivity contribution in [2.45, 2.75) is 18.9 Å².